The van der Waals surface area contributed by atoms with Gasteiger partial charge in [-0.15, -0.1) is 0 Å². The Balaban J connectivity index is 3.56. The molecule has 0 saturated heterocycles. The quantitative estimate of drug-likeness (QED) is 0.369. The lowest BCUT2D eigenvalue weighted by Crippen LogP contribution is -1.97. The molecular formula is C4H6N2O. The van der Waals surface area contributed by atoms with Crippen LogP contribution in [0.15, 0.2) is 12.0 Å². The summed E-state index contributed by atoms with van der Waals surface area (Å²) in [6.07, 6.45) is 1.12. The first-order valence-electron chi connectivity index (χ1n) is 1.70. The molecule has 0 spiro atoms. The van der Waals surface area contributed by atoms with Crippen LogP contribution in [0.4, 0.5) is 0 Å². The SMILES string of the molecule is CO/C(N)=C\C#N. The van der Waals surface area contributed by atoms with E-state index < -0.39 is 0 Å². The van der Waals surface area contributed by atoms with E-state index in [1.54, 1.807) is 6.07 Å². The predicted octanol–water partition coefficient (Wildman–Crippen LogP) is -0.0435. The summed E-state index contributed by atoms with van der Waals surface area (Å²) in [6.45, 7) is 0. The largest absolute Gasteiger partial charge is 0.482 e. The number of nitriles is 1. The van der Waals surface area contributed by atoms with Gasteiger partial charge < -0.3 is 10.5 Å². The van der Waals surface area contributed by atoms with Crippen molar-refractivity contribution < 1.29 is 4.74 Å². The molecule has 0 atom stereocenters. The molecule has 2 N–H and O–H groups in total. The van der Waals surface area contributed by atoms with Crippen LogP contribution in [-0.4, -0.2) is 7.11 Å². The molecule has 0 fully saturated rings. The standard InChI is InChI=1S/C4H6N2O/c1-7-4(6)2-3-5/h2H,6H2,1H3/b4-2-. The molecular weight excluding hydrogens is 92.1 g/mol. The summed E-state index contributed by atoms with van der Waals surface area (Å²) >= 11 is 0. The van der Waals surface area contributed by atoms with Crippen LogP contribution in [0.2, 0.25) is 0 Å². The topological polar surface area (TPSA) is 59.0 Å². The van der Waals surface area contributed by atoms with Crippen molar-refractivity contribution in [3.05, 3.63) is 12.0 Å². The van der Waals surface area contributed by atoms with E-state index >= 15 is 0 Å². The summed E-state index contributed by atoms with van der Waals surface area (Å²) in [7, 11) is 1.41. The maximum atomic E-state index is 7.88. The van der Waals surface area contributed by atoms with Gasteiger partial charge in [0.25, 0.3) is 0 Å². The van der Waals surface area contributed by atoms with Gasteiger partial charge >= 0.3 is 0 Å². The summed E-state index contributed by atoms with van der Waals surface area (Å²) in [5, 5.41) is 7.88. The Morgan fingerprint density at radius 1 is 2.00 bits per heavy atom. The van der Waals surface area contributed by atoms with E-state index in [4.69, 9.17) is 11.0 Å². The second-order valence-corrected chi connectivity index (χ2v) is 0.880. The number of hydrogen-bond acceptors (Lipinski definition) is 3. The summed E-state index contributed by atoms with van der Waals surface area (Å²) in [5.74, 6) is 0.141. The Kier molecular flexibility index (Phi) is 2.53. The molecule has 0 aliphatic carbocycles. The van der Waals surface area contributed by atoms with Crippen molar-refractivity contribution in [1.82, 2.24) is 0 Å². The van der Waals surface area contributed by atoms with E-state index in [9.17, 15) is 0 Å². The summed E-state index contributed by atoms with van der Waals surface area (Å²) in [4.78, 5) is 0. The van der Waals surface area contributed by atoms with E-state index in [2.05, 4.69) is 4.74 Å². The molecule has 0 heterocycles. The number of methoxy groups -OCH3 is 1. The average molecular weight is 98.1 g/mol. The van der Waals surface area contributed by atoms with Gasteiger partial charge in [-0.05, 0) is 0 Å². The first-order valence-corrected chi connectivity index (χ1v) is 1.70. The van der Waals surface area contributed by atoms with Crippen molar-refractivity contribution >= 4 is 0 Å². The molecule has 0 rings (SSSR count). The van der Waals surface area contributed by atoms with E-state index in [1.165, 1.54) is 7.11 Å². The molecule has 0 saturated carbocycles. The van der Waals surface area contributed by atoms with Crippen LogP contribution in [0, 0.1) is 11.3 Å². The third-order valence-electron chi connectivity index (χ3n) is 0.443. The van der Waals surface area contributed by atoms with Crippen LogP contribution in [0.5, 0.6) is 0 Å². The molecule has 0 aliphatic rings. The molecule has 0 aromatic rings. The van der Waals surface area contributed by atoms with E-state index in [0.717, 1.165) is 6.08 Å². The Morgan fingerprint density at radius 3 is 2.71 bits per heavy atom. The van der Waals surface area contributed by atoms with Crippen molar-refractivity contribution in [3.8, 4) is 6.07 Å². The van der Waals surface area contributed by atoms with Crippen LogP contribution in [0.1, 0.15) is 0 Å². The minimum atomic E-state index is 0.141. The molecule has 0 unspecified atom stereocenters. The van der Waals surface area contributed by atoms with Crippen LogP contribution >= 0.6 is 0 Å². The number of allylic oxidation sites excluding steroid dienone is 1. The lowest BCUT2D eigenvalue weighted by Gasteiger charge is -1.90. The highest BCUT2D eigenvalue weighted by molar-refractivity contribution is 5.04. The highest BCUT2D eigenvalue weighted by atomic mass is 16.5. The highest BCUT2D eigenvalue weighted by Crippen LogP contribution is 1.77. The van der Waals surface area contributed by atoms with Gasteiger partial charge in [0, 0.05) is 0 Å². The van der Waals surface area contributed by atoms with Gasteiger partial charge in [-0.1, -0.05) is 0 Å². The molecule has 3 nitrogen and oxygen atoms in total. The molecule has 0 radical (unpaired) electrons. The zero-order valence-electron chi connectivity index (χ0n) is 4.01. The molecule has 0 aromatic carbocycles. The van der Waals surface area contributed by atoms with E-state index in [0.29, 0.717) is 0 Å². The van der Waals surface area contributed by atoms with Crippen LogP contribution in [0.25, 0.3) is 0 Å². The highest BCUT2D eigenvalue weighted by Gasteiger charge is 1.76. The molecule has 3 heteroatoms. The number of ether oxygens (including phenoxy) is 1. The summed E-state index contributed by atoms with van der Waals surface area (Å²) < 4.78 is 4.41. The summed E-state index contributed by atoms with van der Waals surface area (Å²) in [6, 6.07) is 1.71. The Bertz CT molecular complexity index is 111. The molecule has 38 valence electrons. The van der Waals surface area contributed by atoms with Crippen LogP contribution < -0.4 is 5.73 Å². The van der Waals surface area contributed by atoms with Crippen molar-refractivity contribution in [2.75, 3.05) is 7.11 Å². The van der Waals surface area contributed by atoms with Crippen molar-refractivity contribution in [1.29, 1.82) is 5.26 Å². The zero-order chi connectivity index (χ0) is 5.70. The Hall–Kier alpha value is -1.17. The number of rotatable bonds is 1. The van der Waals surface area contributed by atoms with Gasteiger partial charge in [-0.3, -0.25) is 0 Å². The van der Waals surface area contributed by atoms with Crippen molar-refractivity contribution in [2.45, 2.75) is 0 Å². The monoisotopic (exact) mass is 98.0 g/mol. The van der Waals surface area contributed by atoms with Crippen molar-refractivity contribution in [3.63, 3.8) is 0 Å². The Morgan fingerprint density at radius 2 is 2.57 bits per heavy atom. The molecule has 0 amide bonds. The fourth-order valence-corrected chi connectivity index (χ4v) is 0.123. The first kappa shape index (κ1) is 5.83. The number of nitrogens with zero attached hydrogens (tertiary/aromatic N) is 1. The van der Waals surface area contributed by atoms with E-state index in [-0.39, 0.29) is 5.88 Å². The van der Waals surface area contributed by atoms with Gasteiger partial charge in [-0.25, -0.2) is 0 Å². The maximum absolute atomic E-state index is 7.88. The lowest BCUT2D eigenvalue weighted by atomic mass is 10.6. The predicted molar refractivity (Wildman–Crippen MR) is 24.9 cm³/mol. The summed E-state index contributed by atoms with van der Waals surface area (Å²) in [5.41, 5.74) is 5.00. The fourth-order valence-electron chi connectivity index (χ4n) is 0.123. The first-order chi connectivity index (χ1) is 3.31. The zero-order valence-corrected chi connectivity index (χ0v) is 4.01. The van der Waals surface area contributed by atoms with Gasteiger partial charge in [0.2, 0.25) is 0 Å². The van der Waals surface area contributed by atoms with Gasteiger partial charge in [0.1, 0.15) is 0 Å². The lowest BCUT2D eigenvalue weighted by molar-refractivity contribution is 0.288. The number of hydrogen-bond donors (Lipinski definition) is 1. The van der Waals surface area contributed by atoms with E-state index in [1.807, 2.05) is 0 Å². The minimum absolute atomic E-state index is 0.141. The van der Waals surface area contributed by atoms with Gasteiger partial charge in [-0.2, -0.15) is 5.26 Å². The second-order valence-electron chi connectivity index (χ2n) is 0.880. The Labute approximate surface area is 42.0 Å². The van der Waals surface area contributed by atoms with Crippen LogP contribution in [0.3, 0.4) is 0 Å². The molecule has 0 aromatic heterocycles. The molecule has 0 bridgehead atoms. The third kappa shape index (κ3) is 2.64. The van der Waals surface area contributed by atoms with Crippen molar-refractivity contribution in [2.24, 2.45) is 5.73 Å². The van der Waals surface area contributed by atoms with Gasteiger partial charge in [0.05, 0.1) is 19.3 Å². The normalized spacial score (nSPS) is 10.0. The van der Waals surface area contributed by atoms with Crippen LogP contribution in [-0.2, 0) is 4.74 Å². The smallest absolute Gasteiger partial charge is 0.194 e. The number of nitrogens with two attached hydrogens (primary N) is 1. The molecule has 0 aliphatic heterocycles. The average Bonchev–Trinajstić information content (AvgIpc) is 1.68. The van der Waals surface area contributed by atoms with Gasteiger partial charge in [0.15, 0.2) is 5.88 Å². The maximum Gasteiger partial charge on any atom is 0.194 e. The third-order valence-corrected chi connectivity index (χ3v) is 0.443. The second kappa shape index (κ2) is 3.04. The fraction of sp³-hybridized carbons (Fsp3) is 0.250. The minimum Gasteiger partial charge on any atom is -0.482 e. The molecule has 7 heavy (non-hydrogen) atoms.